The first-order valence-corrected chi connectivity index (χ1v) is 6.99. The molecule has 1 aromatic heterocycles. The zero-order valence-electron chi connectivity index (χ0n) is 13.0. The van der Waals surface area contributed by atoms with Crippen LogP contribution in [0.2, 0.25) is 0 Å². The summed E-state index contributed by atoms with van der Waals surface area (Å²) in [5, 5.41) is 3.94. The number of hydrogen-bond donors (Lipinski definition) is 1. The molecular formula is C16H22N2O3. The summed E-state index contributed by atoms with van der Waals surface area (Å²) in [6.07, 6.45) is 0.730. The zero-order valence-corrected chi connectivity index (χ0v) is 13.0. The van der Waals surface area contributed by atoms with E-state index in [-0.39, 0.29) is 6.04 Å². The van der Waals surface area contributed by atoms with Crippen LogP contribution in [-0.2, 0) is 13.0 Å². The zero-order chi connectivity index (χ0) is 15.4. The normalized spacial score (nSPS) is 12.2. The lowest BCUT2D eigenvalue weighted by Crippen LogP contribution is -2.18. The maximum absolute atomic E-state index is 5.99. The summed E-state index contributed by atoms with van der Waals surface area (Å²) in [6, 6.07) is 5.89. The third-order valence-electron chi connectivity index (χ3n) is 3.36. The van der Waals surface area contributed by atoms with Crippen molar-refractivity contribution in [2.24, 2.45) is 5.73 Å². The van der Waals surface area contributed by atoms with Gasteiger partial charge < -0.3 is 19.7 Å². The fourth-order valence-corrected chi connectivity index (χ4v) is 2.25. The molecule has 0 aliphatic carbocycles. The van der Waals surface area contributed by atoms with Crippen LogP contribution >= 0.6 is 0 Å². The van der Waals surface area contributed by atoms with E-state index in [9.17, 15) is 0 Å². The molecule has 0 bridgehead atoms. The molecule has 2 rings (SSSR count). The minimum atomic E-state index is 0.0542. The highest BCUT2D eigenvalue weighted by Gasteiger charge is 2.15. The minimum absolute atomic E-state index is 0.0542. The fourth-order valence-electron chi connectivity index (χ4n) is 2.25. The van der Waals surface area contributed by atoms with Crippen LogP contribution in [0.1, 0.15) is 29.5 Å². The van der Waals surface area contributed by atoms with Crippen molar-refractivity contribution in [3.05, 3.63) is 40.8 Å². The molecule has 0 fully saturated rings. The molecule has 0 amide bonds. The number of nitrogens with zero attached hydrogens (tertiary/aromatic N) is 1. The predicted molar refractivity (Wildman–Crippen MR) is 80.7 cm³/mol. The molecule has 5 heteroatoms. The standard InChI is InChI=1S/C16H22N2O3/c1-10(17)8-13-6-5-7-15(19-4)16(13)20-9-14-11(2)18-21-12(14)3/h5-7,10H,8-9,17H2,1-4H3. The molecule has 0 aliphatic rings. The first-order chi connectivity index (χ1) is 10.0. The van der Waals surface area contributed by atoms with Crippen LogP contribution in [0, 0.1) is 13.8 Å². The third-order valence-corrected chi connectivity index (χ3v) is 3.36. The summed E-state index contributed by atoms with van der Waals surface area (Å²) in [4.78, 5) is 0. The molecule has 0 saturated carbocycles. The largest absolute Gasteiger partial charge is 0.493 e. The molecule has 0 aliphatic heterocycles. The molecule has 5 nitrogen and oxygen atoms in total. The van der Waals surface area contributed by atoms with E-state index in [1.807, 2.05) is 39.0 Å². The summed E-state index contributed by atoms with van der Waals surface area (Å²) in [6.45, 7) is 6.15. The molecule has 2 N–H and O–H groups in total. The summed E-state index contributed by atoms with van der Waals surface area (Å²) in [5.74, 6) is 2.22. The monoisotopic (exact) mass is 290 g/mol. The predicted octanol–water partition coefficient (Wildman–Crippen LogP) is 2.77. The van der Waals surface area contributed by atoms with E-state index >= 15 is 0 Å². The maximum Gasteiger partial charge on any atom is 0.164 e. The fraction of sp³-hybridized carbons (Fsp3) is 0.438. The van der Waals surface area contributed by atoms with Crippen molar-refractivity contribution in [1.82, 2.24) is 5.16 Å². The molecule has 114 valence electrons. The highest BCUT2D eigenvalue weighted by molar-refractivity contribution is 5.47. The average Bonchev–Trinajstić information content (AvgIpc) is 2.76. The van der Waals surface area contributed by atoms with Gasteiger partial charge in [-0.2, -0.15) is 0 Å². The van der Waals surface area contributed by atoms with E-state index in [4.69, 9.17) is 19.7 Å². The second-order valence-corrected chi connectivity index (χ2v) is 5.22. The number of aryl methyl sites for hydroxylation is 2. The Bertz CT molecular complexity index is 586. The molecule has 1 unspecified atom stereocenters. The molecule has 2 aromatic rings. The van der Waals surface area contributed by atoms with E-state index in [0.29, 0.717) is 12.4 Å². The highest BCUT2D eigenvalue weighted by Crippen LogP contribution is 2.33. The molecule has 1 aromatic carbocycles. The number of rotatable bonds is 6. The summed E-state index contributed by atoms with van der Waals surface area (Å²) < 4.78 is 16.5. The van der Waals surface area contributed by atoms with E-state index in [1.54, 1.807) is 7.11 Å². The van der Waals surface area contributed by atoms with Crippen LogP contribution < -0.4 is 15.2 Å². The van der Waals surface area contributed by atoms with Gasteiger partial charge in [-0.3, -0.25) is 0 Å². The molecule has 1 atom stereocenters. The van der Waals surface area contributed by atoms with Crippen LogP contribution in [0.25, 0.3) is 0 Å². The lowest BCUT2D eigenvalue weighted by molar-refractivity contribution is 0.278. The van der Waals surface area contributed by atoms with E-state index in [0.717, 1.165) is 34.8 Å². The van der Waals surface area contributed by atoms with Gasteiger partial charge in [0, 0.05) is 6.04 Å². The van der Waals surface area contributed by atoms with Gasteiger partial charge in [0.05, 0.1) is 18.4 Å². The first-order valence-electron chi connectivity index (χ1n) is 6.99. The molecule has 0 radical (unpaired) electrons. The molecule has 1 heterocycles. The SMILES string of the molecule is COc1cccc(CC(C)N)c1OCc1c(C)noc1C. The van der Waals surface area contributed by atoms with Crippen LogP contribution in [0.5, 0.6) is 11.5 Å². The number of para-hydroxylation sites is 1. The Balaban J connectivity index is 2.25. The van der Waals surface area contributed by atoms with Crippen LogP contribution in [0.15, 0.2) is 22.7 Å². The number of ether oxygens (including phenoxy) is 2. The van der Waals surface area contributed by atoms with Gasteiger partial charge in [-0.1, -0.05) is 17.3 Å². The van der Waals surface area contributed by atoms with Crippen molar-refractivity contribution >= 4 is 0 Å². The third kappa shape index (κ3) is 3.55. The van der Waals surface area contributed by atoms with E-state index < -0.39 is 0 Å². The van der Waals surface area contributed by atoms with Gasteiger partial charge in [-0.05, 0) is 38.8 Å². The van der Waals surface area contributed by atoms with Gasteiger partial charge in [0.2, 0.25) is 0 Å². The van der Waals surface area contributed by atoms with Gasteiger partial charge in [0.15, 0.2) is 11.5 Å². The van der Waals surface area contributed by atoms with Crippen molar-refractivity contribution in [2.75, 3.05) is 7.11 Å². The van der Waals surface area contributed by atoms with Crippen LogP contribution in [-0.4, -0.2) is 18.3 Å². The summed E-state index contributed by atoms with van der Waals surface area (Å²) >= 11 is 0. The number of nitrogens with two attached hydrogens (primary N) is 1. The van der Waals surface area contributed by atoms with Crippen LogP contribution in [0.3, 0.4) is 0 Å². The summed E-state index contributed by atoms with van der Waals surface area (Å²) in [5.41, 5.74) is 8.75. The van der Waals surface area contributed by atoms with Gasteiger partial charge >= 0.3 is 0 Å². The van der Waals surface area contributed by atoms with Gasteiger partial charge in [0.1, 0.15) is 12.4 Å². The number of aromatic nitrogens is 1. The maximum atomic E-state index is 5.99. The van der Waals surface area contributed by atoms with Gasteiger partial charge in [0.25, 0.3) is 0 Å². The highest BCUT2D eigenvalue weighted by atomic mass is 16.5. The quantitative estimate of drug-likeness (QED) is 0.885. The Hall–Kier alpha value is -2.01. The summed E-state index contributed by atoms with van der Waals surface area (Å²) in [7, 11) is 1.63. The number of hydrogen-bond acceptors (Lipinski definition) is 5. The number of benzene rings is 1. The van der Waals surface area contributed by atoms with Crippen molar-refractivity contribution < 1.29 is 14.0 Å². The lowest BCUT2D eigenvalue weighted by atomic mass is 10.1. The molecule has 21 heavy (non-hydrogen) atoms. The van der Waals surface area contributed by atoms with Crippen molar-refractivity contribution in [2.45, 2.75) is 39.8 Å². The Morgan fingerprint density at radius 1 is 1.33 bits per heavy atom. The van der Waals surface area contributed by atoms with Crippen LogP contribution in [0.4, 0.5) is 0 Å². The van der Waals surface area contributed by atoms with Gasteiger partial charge in [-0.15, -0.1) is 0 Å². The van der Waals surface area contributed by atoms with Crippen molar-refractivity contribution in [1.29, 1.82) is 0 Å². The Morgan fingerprint density at radius 2 is 2.10 bits per heavy atom. The average molecular weight is 290 g/mol. The Labute approximate surface area is 125 Å². The van der Waals surface area contributed by atoms with Crippen molar-refractivity contribution in [3.63, 3.8) is 0 Å². The molecule has 0 spiro atoms. The van der Waals surface area contributed by atoms with E-state index in [2.05, 4.69) is 5.16 Å². The van der Waals surface area contributed by atoms with Gasteiger partial charge in [-0.25, -0.2) is 0 Å². The molecular weight excluding hydrogens is 268 g/mol. The van der Waals surface area contributed by atoms with E-state index in [1.165, 1.54) is 0 Å². The second-order valence-electron chi connectivity index (χ2n) is 5.22. The topological polar surface area (TPSA) is 70.5 Å². The lowest BCUT2D eigenvalue weighted by Gasteiger charge is -2.16. The second kappa shape index (κ2) is 6.63. The van der Waals surface area contributed by atoms with Crippen molar-refractivity contribution in [3.8, 4) is 11.5 Å². The Kier molecular flexibility index (Phi) is 4.85. The number of methoxy groups -OCH3 is 1. The molecule has 0 saturated heterocycles. The first kappa shape index (κ1) is 15.4. The Morgan fingerprint density at radius 3 is 2.67 bits per heavy atom. The smallest absolute Gasteiger partial charge is 0.164 e. The minimum Gasteiger partial charge on any atom is -0.493 e.